The maximum Gasteiger partial charge on any atom is 0.191 e. The van der Waals surface area contributed by atoms with Gasteiger partial charge < -0.3 is 15.5 Å². The summed E-state index contributed by atoms with van der Waals surface area (Å²) in [6.45, 7) is 10.5. The SMILES string of the molecule is CCNC(=NCc1ccc(Cl)cc1)NCC1CCCN(CC)C1.I. The molecular formula is C18H30ClIN4. The normalized spacial score (nSPS) is 18.8. The molecular weight excluding hydrogens is 435 g/mol. The summed E-state index contributed by atoms with van der Waals surface area (Å²) < 4.78 is 0. The highest BCUT2D eigenvalue weighted by Crippen LogP contribution is 2.15. The van der Waals surface area contributed by atoms with Crippen LogP contribution in [0.1, 0.15) is 32.3 Å². The number of hydrogen-bond acceptors (Lipinski definition) is 2. The molecule has 1 aromatic carbocycles. The van der Waals surface area contributed by atoms with Gasteiger partial charge in [-0.2, -0.15) is 0 Å². The second kappa shape index (κ2) is 11.9. The molecule has 1 aromatic rings. The highest BCUT2D eigenvalue weighted by atomic mass is 127. The van der Waals surface area contributed by atoms with Crippen LogP contribution in [0.25, 0.3) is 0 Å². The Morgan fingerprint density at radius 2 is 2.00 bits per heavy atom. The van der Waals surface area contributed by atoms with Crippen LogP contribution in [0.4, 0.5) is 0 Å². The molecule has 136 valence electrons. The van der Waals surface area contributed by atoms with E-state index in [1.54, 1.807) is 0 Å². The van der Waals surface area contributed by atoms with Crippen molar-refractivity contribution in [1.29, 1.82) is 0 Å². The van der Waals surface area contributed by atoms with Crippen LogP contribution in [-0.2, 0) is 6.54 Å². The molecule has 2 rings (SSSR count). The van der Waals surface area contributed by atoms with Crippen molar-refractivity contribution in [2.75, 3.05) is 32.7 Å². The monoisotopic (exact) mass is 464 g/mol. The topological polar surface area (TPSA) is 39.7 Å². The van der Waals surface area contributed by atoms with Crippen LogP contribution in [0.15, 0.2) is 29.3 Å². The molecule has 1 heterocycles. The Kier molecular flexibility index (Phi) is 10.7. The van der Waals surface area contributed by atoms with Crippen molar-refractivity contribution in [3.8, 4) is 0 Å². The Hall–Kier alpha value is -0.530. The zero-order chi connectivity index (χ0) is 16.5. The second-order valence-electron chi connectivity index (χ2n) is 6.10. The lowest BCUT2D eigenvalue weighted by molar-refractivity contribution is 0.183. The van der Waals surface area contributed by atoms with E-state index in [0.29, 0.717) is 12.5 Å². The first-order chi connectivity index (χ1) is 11.2. The molecule has 1 unspecified atom stereocenters. The fraction of sp³-hybridized carbons (Fsp3) is 0.611. The van der Waals surface area contributed by atoms with E-state index in [9.17, 15) is 0 Å². The zero-order valence-corrected chi connectivity index (χ0v) is 17.8. The van der Waals surface area contributed by atoms with E-state index < -0.39 is 0 Å². The highest BCUT2D eigenvalue weighted by molar-refractivity contribution is 14.0. The number of nitrogens with one attached hydrogen (secondary N) is 2. The summed E-state index contributed by atoms with van der Waals surface area (Å²) in [5.41, 5.74) is 1.17. The van der Waals surface area contributed by atoms with E-state index in [2.05, 4.69) is 34.4 Å². The lowest BCUT2D eigenvalue weighted by Gasteiger charge is -2.32. The van der Waals surface area contributed by atoms with Gasteiger partial charge >= 0.3 is 0 Å². The van der Waals surface area contributed by atoms with E-state index in [0.717, 1.165) is 30.6 Å². The molecule has 1 aliphatic heterocycles. The molecule has 0 radical (unpaired) electrons. The van der Waals surface area contributed by atoms with Crippen molar-refractivity contribution in [3.63, 3.8) is 0 Å². The number of piperidine rings is 1. The zero-order valence-electron chi connectivity index (χ0n) is 14.7. The van der Waals surface area contributed by atoms with Crippen LogP contribution in [0, 0.1) is 5.92 Å². The smallest absolute Gasteiger partial charge is 0.191 e. The van der Waals surface area contributed by atoms with Gasteiger partial charge in [-0.25, -0.2) is 4.99 Å². The number of rotatable bonds is 6. The predicted octanol–water partition coefficient (Wildman–Crippen LogP) is 3.75. The van der Waals surface area contributed by atoms with E-state index >= 15 is 0 Å². The quantitative estimate of drug-likeness (QED) is 0.383. The van der Waals surface area contributed by atoms with Crippen LogP contribution < -0.4 is 10.6 Å². The van der Waals surface area contributed by atoms with Crippen molar-refractivity contribution in [2.24, 2.45) is 10.9 Å². The molecule has 1 atom stereocenters. The summed E-state index contributed by atoms with van der Waals surface area (Å²) in [6, 6.07) is 7.87. The lowest BCUT2D eigenvalue weighted by atomic mass is 9.98. The van der Waals surface area contributed by atoms with Crippen LogP contribution in [0.2, 0.25) is 5.02 Å². The molecule has 6 heteroatoms. The Balaban J connectivity index is 0.00000288. The molecule has 1 fully saturated rings. The summed E-state index contributed by atoms with van der Waals surface area (Å²) in [7, 11) is 0. The van der Waals surface area contributed by atoms with Gasteiger partial charge in [0.25, 0.3) is 0 Å². The van der Waals surface area contributed by atoms with Crippen LogP contribution in [0.3, 0.4) is 0 Å². The first-order valence-electron chi connectivity index (χ1n) is 8.70. The molecule has 1 aliphatic rings. The molecule has 1 saturated heterocycles. The lowest BCUT2D eigenvalue weighted by Crippen LogP contribution is -2.44. The van der Waals surface area contributed by atoms with E-state index in [1.807, 2.05) is 24.3 Å². The minimum absolute atomic E-state index is 0. The average molecular weight is 465 g/mol. The van der Waals surface area contributed by atoms with Crippen molar-refractivity contribution in [2.45, 2.75) is 33.2 Å². The van der Waals surface area contributed by atoms with E-state index in [4.69, 9.17) is 11.6 Å². The number of hydrogen-bond donors (Lipinski definition) is 2. The third-order valence-electron chi connectivity index (χ3n) is 4.29. The third kappa shape index (κ3) is 7.57. The summed E-state index contributed by atoms with van der Waals surface area (Å²) in [4.78, 5) is 7.21. The fourth-order valence-corrected chi connectivity index (χ4v) is 3.07. The van der Waals surface area contributed by atoms with Crippen molar-refractivity contribution < 1.29 is 0 Å². The maximum atomic E-state index is 5.92. The molecule has 24 heavy (non-hydrogen) atoms. The number of halogens is 2. The van der Waals surface area contributed by atoms with Gasteiger partial charge in [-0.05, 0) is 56.5 Å². The summed E-state index contributed by atoms with van der Waals surface area (Å²) in [5, 5.41) is 7.60. The fourth-order valence-electron chi connectivity index (χ4n) is 2.95. The van der Waals surface area contributed by atoms with Gasteiger partial charge in [-0.15, -0.1) is 24.0 Å². The van der Waals surface area contributed by atoms with Crippen LogP contribution >= 0.6 is 35.6 Å². The Labute approximate surface area is 168 Å². The number of benzene rings is 1. The minimum Gasteiger partial charge on any atom is -0.357 e. The molecule has 2 N–H and O–H groups in total. The van der Waals surface area contributed by atoms with E-state index in [-0.39, 0.29) is 24.0 Å². The molecule has 0 saturated carbocycles. The first kappa shape index (κ1) is 21.5. The Morgan fingerprint density at radius 3 is 2.67 bits per heavy atom. The summed E-state index contributed by atoms with van der Waals surface area (Å²) >= 11 is 5.92. The number of likely N-dealkylation sites (tertiary alicyclic amines) is 1. The van der Waals surface area contributed by atoms with Gasteiger partial charge in [0.05, 0.1) is 6.54 Å². The van der Waals surface area contributed by atoms with E-state index in [1.165, 1.54) is 31.5 Å². The van der Waals surface area contributed by atoms with Gasteiger partial charge in [0.2, 0.25) is 0 Å². The second-order valence-corrected chi connectivity index (χ2v) is 6.54. The Bertz CT molecular complexity index is 492. The molecule has 0 amide bonds. The standard InChI is InChI=1S/C18H29ClN4.HI/c1-3-20-18(21-12-15-7-9-17(19)10-8-15)22-13-16-6-5-11-23(4-2)14-16;/h7-10,16H,3-6,11-14H2,1-2H3,(H2,20,21,22);1H. The number of guanidine groups is 1. The molecule has 0 aromatic heterocycles. The summed E-state index contributed by atoms with van der Waals surface area (Å²) in [6.07, 6.45) is 2.61. The first-order valence-corrected chi connectivity index (χ1v) is 9.08. The van der Waals surface area contributed by atoms with Gasteiger partial charge in [-0.1, -0.05) is 30.7 Å². The van der Waals surface area contributed by atoms with Gasteiger partial charge in [0, 0.05) is 24.7 Å². The molecule has 0 bridgehead atoms. The number of nitrogens with zero attached hydrogens (tertiary/aromatic N) is 2. The Morgan fingerprint density at radius 1 is 1.25 bits per heavy atom. The van der Waals surface area contributed by atoms with Crippen molar-refractivity contribution in [3.05, 3.63) is 34.9 Å². The minimum atomic E-state index is 0. The largest absolute Gasteiger partial charge is 0.357 e. The predicted molar refractivity (Wildman–Crippen MR) is 115 cm³/mol. The summed E-state index contributed by atoms with van der Waals surface area (Å²) in [5.74, 6) is 1.61. The van der Waals surface area contributed by atoms with Gasteiger partial charge in [0.1, 0.15) is 0 Å². The molecule has 0 spiro atoms. The average Bonchev–Trinajstić information content (AvgIpc) is 2.59. The third-order valence-corrected chi connectivity index (χ3v) is 4.54. The van der Waals surface area contributed by atoms with Crippen molar-refractivity contribution >= 4 is 41.5 Å². The van der Waals surface area contributed by atoms with Gasteiger partial charge in [0.15, 0.2) is 5.96 Å². The van der Waals surface area contributed by atoms with Crippen LogP contribution in [-0.4, -0.2) is 43.6 Å². The molecule has 4 nitrogen and oxygen atoms in total. The number of aliphatic imine (C=N–C) groups is 1. The maximum absolute atomic E-state index is 5.92. The highest BCUT2D eigenvalue weighted by Gasteiger charge is 2.18. The van der Waals surface area contributed by atoms with Crippen molar-refractivity contribution in [1.82, 2.24) is 15.5 Å². The van der Waals surface area contributed by atoms with Gasteiger partial charge in [-0.3, -0.25) is 0 Å². The molecule has 0 aliphatic carbocycles. The van der Waals surface area contributed by atoms with Crippen LogP contribution in [0.5, 0.6) is 0 Å².